The molecular weight excluding hydrogens is 424 g/mol. The smallest absolute Gasteiger partial charge is 0.370 e. The lowest BCUT2D eigenvalue weighted by atomic mass is 10.1. The number of hydrogen-bond acceptors (Lipinski definition) is 5. The van der Waals surface area contributed by atoms with Crippen molar-refractivity contribution in [1.82, 2.24) is 15.0 Å². The van der Waals surface area contributed by atoms with E-state index in [1.807, 2.05) is 6.07 Å². The van der Waals surface area contributed by atoms with E-state index in [0.29, 0.717) is 17.3 Å². The van der Waals surface area contributed by atoms with Crippen LogP contribution in [0.4, 0.5) is 32.2 Å². The molecule has 0 aliphatic carbocycles. The first-order chi connectivity index (χ1) is 14.6. The minimum atomic E-state index is -4.88. The lowest BCUT2D eigenvalue weighted by Crippen LogP contribution is -2.15. The van der Waals surface area contributed by atoms with Crippen LogP contribution in [0, 0.1) is 11.3 Å². The Morgan fingerprint density at radius 1 is 0.935 bits per heavy atom. The summed E-state index contributed by atoms with van der Waals surface area (Å²) in [6.07, 6.45) is -8.03. The summed E-state index contributed by atoms with van der Waals surface area (Å²) in [6.45, 7) is 0.105. The number of rotatable bonds is 5. The van der Waals surface area contributed by atoms with Crippen molar-refractivity contribution in [2.45, 2.75) is 18.8 Å². The molecule has 2 aromatic heterocycles. The van der Waals surface area contributed by atoms with Crippen LogP contribution in [0.1, 0.15) is 22.5 Å². The van der Waals surface area contributed by atoms with Crippen molar-refractivity contribution in [2.75, 3.05) is 11.9 Å². The van der Waals surface area contributed by atoms with E-state index in [1.54, 1.807) is 12.1 Å². The molecule has 5 nitrogen and oxygen atoms in total. The predicted molar refractivity (Wildman–Crippen MR) is 98.6 cm³/mol. The van der Waals surface area contributed by atoms with E-state index in [-0.39, 0.29) is 18.8 Å². The number of hydrogen-bond donors (Lipinski definition) is 1. The number of nitrogens with zero attached hydrogens (tertiary/aromatic N) is 4. The molecule has 0 aliphatic heterocycles. The number of halogens is 6. The Hall–Kier alpha value is -3.68. The van der Waals surface area contributed by atoms with E-state index in [2.05, 4.69) is 20.3 Å². The van der Waals surface area contributed by atoms with Gasteiger partial charge in [0.2, 0.25) is 0 Å². The van der Waals surface area contributed by atoms with Gasteiger partial charge in [-0.3, -0.25) is 4.98 Å². The fourth-order valence-corrected chi connectivity index (χ4v) is 2.69. The highest BCUT2D eigenvalue weighted by molar-refractivity contribution is 5.63. The van der Waals surface area contributed by atoms with E-state index < -0.39 is 35.0 Å². The van der Waals surface area contributed by atoms with Gasteiger partial charge in [0, 0.05) is 36.5 Å². The first-order valence-corrected chi connectivity index (χ1v) is 8.79. The van der Waals surface area contributed by atoms with Crippen LogP contribution in [0.25, 0.3) is 11.4 Å². The van der Waals surface area contributed by atoms with Crippen molar-refractivity contribution in [1.29, 1.82) is 5.26 Å². The average Bonchev–Trinajstić information content (AvgIpc) is 2.73. The Morgan fingerprint density at radius 2 is 1.68 bits per heavy atom. The van der Waals surface area contributed by atoms with Crippen LogP contribution in [0.15, 0.2) is 48.7 Å². The van der Waals surface area contributed by atoms with Crippen LogP contribution in [0.3, 0.4) is 0 Å². The van der Waals surface area contributed by atoms with Crippen LogP contribution >= 0.6 is 0 Å². The first kappa shape index (κ1) is 22.0. The molecule has 3 aromatic rings. The SMILES string of the molecule is N#Cc1ccc(CCNc2cc(C(F)(F)F)nc(-c3ccccc3C(F)(F)F)n2)nc1. The summed E-state index contributed by atoms with van der Waals surface area (Å²) in [5, 5.41) is 11.4. The van der Waals surface area contributed by atoms with Crippen molar-refractivity contribution in [3.8, 4) is 17.5 Å². The monoisotopic (exact) mass is 437 g/mol. The van der Waals surface area contributed by atoms with E-state index in [0.717, 1.165) is 18.2 Å². The second kappa shape index (κ2) is 8.59. The lowest BCUT2D eigenvalue weighted by Gasteiger charge is -2.15. The number of benzene rings is 1. The molecule has 160 valence electrons. The second-order valence-corrected chi connectivity index (χ2v) is 6.33. The van der Waals surface area contributed by atoms with E-state index in [4.69, 9.17) is 5.26 Å². The van der Waals surface area contributed by atoms with Crippen LogP contribution < -0.4 is 5.32 Å². The highest BCUT2D eigenvalue weighted by Gasteiger charge is 2.37. The van der Waals surface area contributed by atoms with Gasteiger partial charge in [-0.2, -0.15) is 31.6 Å². The summed E-state index contributed by atoms with van der Waals surface area (Å²) < 4.78 is 79.7. The molecule has 11 heteroatoms. The number of aromatic nitrogens is 3. The summed E-state index contributed by atoms with van der Waals surface area (Å²) in [5.74, 6) is -0.968. The number of nitriles is 1. The maximum absolute atomic E-state index is 13.3. The van der Waals surface area contributed by atoms with E-state index in [9.17, 15) is 26.3 Å². The summed E-state index contributed by atoms with van der Waals surface area (Å²) >= 11 is 0. The molecule has 0 unspecified atom stereocenters. The topological polar surface area (TPSA) is 74.5 Å². The summed E-state index contributed by atoms with van der Waals surface area (Å²) in [7, 11) is 0. The highest BCUT2D eigenvalue weighted by Crippen LogP contribution is 2.37. The molecule has 0 amide bonds. The van der Waals surface area contributed by atoms with Crippen LogP contribution in [0.2, 0.25) is 0 Å². The molecule has 0 radical (unpaired) electrons. The molecule has 0 fully saturated rings. The molecule has 1 aromatic carbocycles. The Kier molecular flexibility index (Phi) is 6.10. The third kappa shape index (κ3) is 5.48. The van der Waals surface area contributed by atoms with Gasteiger partial charge in [0.05, 0.1) is 11.1 Å². The van der Waals surface area contributed by atoms with Gasteiger partial charge in [0.15, 0.2) is 11.5 Å². The quantitative estimate of drug-likeness (QED) is 0.562. The van der Waals surface area contributed by atoms with Gasteiger partial charge in [-0.05, 0) is 18.2 Å². The van der Waals surface area contributed by atoms with Gasteiger partial charge in [0.25, 0.3) is 0 Å². The van der Waals surface area contributed by atoms with Gasteiger partial charge < -0.3 is 5.32 Å². The Balaban J connectivity index is 1.90. The minimum Gasteiger partial charge on any atom is -0.370 e. The van der Waals surface area contributed by atoms with Crippen LogP contribution in [0.5, 0.6) is 0 Å². The Labute approximate surface area is 172 Å². The summed E-state index contributed by atoms with van der Waals surface area (Å²) in [4.78, 5) is 11.2. The van der Waals surface area contributed by atoms with Gasteiger partial charge in [-0.15, -0.1) is 0 Å². The minimum absolute atomic E-state index is 0.105. The molecule has 0 aliphatic rings. The molecule has 0 saturated heterocycles. The lowest BCUT2D eigenvalue weighted by molar-refractivity contribution is -0.141. The van der Waals surface area contributed by atoms with E-state index >= 15 is 0 Å². The summed E-state index contributed by atoms with van der Waals surface area (Å²) in [6, 6.07) is 9.83. The molecule has 2 heterocycles. The molecular formula is C20H13F6N5. The molecule has 0 spiro atoms. The van der Waals surface area contributed by atoms with Crippen molar-refractivity contribution < 1.29 is 26.3 Å². The third-order valence-corrected chi connectivity index (χ3v) is 4.13. The van der Waals surface area contributed by atoms with Gasteiger partial charge >= 0.3 is 12.4 Å². The molecule has 0 saturated carbocycles. The number of alkyl halides is 6. The zero-order chi connectivity index (χ0) is 22.6. The summed E-state index contributed by atoms with van der Waals surface area (Å²) in [5.41, 5.74) is -2.14. The predicted octanol–water partition coefficient (Wildman–Crippen LogP) is 5.10. The zero-order valence-electron chi connectivity index (χ0n) is 15.6. The van der Waals surface area contributed by atoms with Crippen molar-refractivity contribution in [2.24, 2.45) is 0 Å². The second-order valence-electron chi connectivity index (χ2n) is 6.33. The van der Waals surface area contributed by atoms with Crippen molar-refractivity contribution >= 4 is 5.82 Å². The highest BCUT2D eigenvalue weighted by atomic mass is 19.4. The maximum atomic E-state index is 13.3. The van der Waals surface area contributed by atoms with Crippen LogP contribution in [-0.4, -0.2) is 21.5 Å². The maximum Gasteiger partial charge on any atom is 0.433 e. The average molecular weight is 437 g/mol. The largest absolute Gasteiger partial charge is 0.433 e. The Bertz CT molecular complexity index is 1100. The van der Waals surface area contributed by atoms with Gasteiger partial charge in [-0.25, -0.2) is 9.97 Å². The van der Waals surface area contributed by atoms with E-state index in [1.165, 1.54) is 12.3 Å². The fraction of sp³-hybridized carbons (Fsp3) is 0.200. The van der Waals surface area contributed by atoms with Gasteiger partial charge in [0.1, 0.15) is 11.9 Å². The zero-order valence-corrected chi connectivity index (χ0v) is 15.6. The normalized spacial score (nSPS) is 11.8. The number of pyridine rings is 1. The number of nitrogens with one attached hydrogen (secondary N) is 1. The molecule has 0 bridgehead atoms. The standard InChI is InChI=1S/C20H13F6N5/c21-19(22,23)15-4-2-1-3-14(15)18-30-16(20(24,25)26)9-17(31-18)28-8-7-13-6-5-12(10-27)11-29-13/h1-6,9,11H,7-8H2,(H,28,30,31). The van der Waals surface area contributed by atoms with Crippen LogP contribution in [-0.2, 0) is 18.8 Å². The molecule has 3 rings (SSSR count). The first-order valence-electron chi connectivity index (χ1n) is 8.79. The van der Waals surface area contributed by atoms with Crippen molar-refractivity contribution in [3.63, 3.8) is 0 Å². The molecule has 31 heavy (non-hydrogen) atoms. The fourth-order valence-electron chi connectivity index (χ4n) is 2.69. The molecule has 1 N–H and O–H groups in total. The third-order valence-electron chi connectivity index (χ3n) is 4.13. The van der Waals surface area contributed by atoms with Crippen molar-refractivity contribution in [3.05, 3.63) is 71.2 Å². The number of anilines is 1. The van der Waals surface area contributed by atoms with Gasteiger partial charge in [-0.1, -0.05) is 18.2 Å². The Morgan fingerprint density at radius 3 is 2.29 bits per heavy atom. The molecule has 0 atom stereocenters.